The van der Waals surface area contributed by atoms with Crippen molar-refractivity contribution >= 4 is 0 Å². The molecule has 1 aliphatic carbocycles. The topological polar surface area (TPSA) is 21.3 Å². The van der Waals surface area contributed by atoms with Gasteiger partial charge in [0.05, 0.1) is 7.11 Å². The van der Waals surface area contributed by atoms with Crippen molar-refractivity contribution < 1.29 is 9.13 Å². The Bertz CT molecular complexity index is 376. The number of likely N-dealkylation sites (N-methyl/N-ethyl adjacent to an activating group) is 1. The molecule has 3 heteroatoms. The molecule has 94 valence electrons. The number of hydrogen-bond acceptors (Lipinski definition) is 2. The van der Waals surface area contributed by atoms with Gasteiger partial charge in [-0.1, -0.05) is 12.5 Å². The summed E-state index contributed by atoms with van der Waals surface area (Å²) in [6.07, 6.45) is 4.82. The zero-order chi connectivity index (χ0) is 12.3. The quantitative estimate of drug-likeness (QED) is 0.850. The third-order valence-electron chi connectivity index (χ3n) is 3.76. The van der Waals surface area contributed by atoms with Crippen LogP contribution in [0.15, 0.2) is 18.2 Å². The van der Waals surface area contributed by atoms with Crippen LogP contribution >= 0.6 is 0 Å². The van der Waals surface area contributed by atoms with Crippen LogP contribution < -0.4 is 10.1 Å². The summed E-state index contributed by atoms with van der Waals surface area (Å²) >= 11 is 0. The SMILES string of the molecule is CNC(Cc1ccc(OC)c(F)c1)C1CCC1. The fraction of sp³-hybridized carbons (Fsp3) is 0.571. The molecule has 0 radical (unpaired) electrons. The van der Waals surface area contributed by atoms with Crippen molar-refractivity contribution in [1.29, 1.82) is 0 Å². The third-order valence-corrected chi connectivity index (χ3v) is 3.76. The van der Waals surface area contributed by atoms with Crippen molar-refractivity contribution in [3.05, 3.63) is 29.6 Å². The van der Waals surface area contributed by atoms with Crippen molar-refractivity contribution in [3.8, 4) is 5.75 Å². The minimum atomic E-state index is -0.270. The van der Waals surface area contributed by atoms with E-state index < -0.39 is 0 Å². The first kappa shape index (κ1) is 12.4. The zero-order valence-corrected chi connectivity index (χ0v) is 10.5. The lowest BCUT2D eigenvalue weighted by Gasteiger charge is -2.33. The molecular weight excluding hydrogens is 217 g/mol. The maximum atomic E-state index is 13.6. The Morgan fingerprint density at radius 2 is 2.24 bits per heavy atom. The number of nitrogens with one attached hydrogen (secondary N) is 1. The molecule has 1 fully saturated rings. The Balaban J connectivity index is 2.03. The predicted octanol–water partition coefficient (Wildman–Crippen LogP) is 2.76. The molecule has 17 heavy (non-hydrogen) atoms. The van der Waals surface area contributed by atoms with Gasteiger partial charge >= 0.3 is 0 Å². The van der Waals surface area contributed by atoms with Crippen LogP contribution in [-0.2, 0) is 6.42 Å². The van der Waals surface area contributed by atoms with E-state index in [1.807, 2.05) is 13.1 Å². The summed E-state index contributed by atoms with van der Waals surface area (Å²) in [6, 6.07) is 5.71. The zero-order valence-electron chi connectivity index (χ0n) is 10.5. The molecule has 1 saturated carbocycles. The highest BCUT2D eigenvalue weighted by Crippen LogP contribution is 2.31. The molecule has 0 aromatic heterocycles. The van der Waals surface area contributed by atoms with Crippen LogP contribution in [0, 0.1) is 11.7 Å². The van der Waals surface area contributed by atoms with Crippen molar-refractivity contribution in [3.63, 3.8) is 0 Å². The van der Waals surface area contributed by atoms with E-state index in [2.05, 4.69) is 5.32 Å². The molecule has 0 heterocycles. The molecule has 2 rings (SSSR count). The molecule has 1 aliphatic rings. The number of methoxy groups -OCH3 is 1. The molecule has 0 aliphatic heterocycles. The van der Waals surface area contributed by atoms with Gasteiger partial charge in [0.2, 0.25) is 0 Å². The molecule has 1 N–H and O–H groups in total. The Morgan fingerprint density at radius 1 is 1.47 bits per heavy atom. The normalized spacial score (nSPS) is 17.6. The van der Waals surface area contributed by atoms with Gasteiger partial charge in [0.25, 0.3) is 0 Å². The van der Waals surface area contributed by atoms with E-state index in [9.17, 15) is 4.39 Å². The summed E-state index contributed by atoms with van der Waals surface area (Å²) in [4.78, 5) is 0. The number of ether oxygens (including phenoxy) is 1. The maximum Gasteiger partial charge on any atom is 0.165 e. The second kappa shape index (κ2) is 5.50. The van der Waals surface area contributed by atoms with E-state index >= 15 is 0 Å². The molecule has 2 nitrogen and oxygen atoms in total. The average Bonchev–Trinajstić information content (AvgIpc) is 2.26. The van der Waals surface area contributed by atoms with Gasteiger partial charge in [-0.15, -0.1) is 0 Å². The van der Waals surface area contributed by atoms with Gasteiger partial charge in [0, 0.05) is 6.04 Å². The van der Waals surface area contributed by atoms with E-state index in [1.54, 1.807) is 12.1 Å². The Morgan fingerprint density at radius 3 is 2.71 bits per heavy atom. The van der Waals surface area contributed by atoms with Crippen LogP contribution in [0.25, 0.3) is 0 Å². The highest BCUT2D eigenvalue weighted by atomic mass is 19.1. The lowest BCUT2D eigenvalue weighted by Crippen LogP contribution is -2.39. The second-order valence-corrected chi connectivity index (χ2v) is 4.76. The lowest BCUT2D eigenvalue weighted by atomic mass is 9.77. The van der Waals surface area contributed by atoms with E-state index in [0.717, 1.165) is 17.9 Å². The van der Waals surface area contributed by atoms with Crippen LogP contribution in [0.1, 0.15) is 24.8 Å². The molecule has 1 aromatic carbocycles. The summed E-state index contributed by atoms with van der Waals surface area (Å²) in [5, 5.41) is 3.35. The van der Waals surface area contributed by atoms with Gasteiger partial charge in [0.1, 0.15) is 0 Å². The number of hydrogen-bond donors (Lipinski definition) is 1. The van der Waals surface area contributed by atoms with E-state index in [4.69, 9.17) is 4.74 Å². The minimum Gasteiger partial charge on any atom is -0.494 e. The van der Waals surface area contributed by atoms with Crippen LogP contribution in [0.5, 0.6) is 5.75 Å². The molecule has 0 spiro atoms. The monoisotopic (exact) mass is 237 g/mol. The van der Waals surface area contributed by atoms with Gasteiger partial charge in [-0.05, 0) is 49.9 Å². The first-order chi connectivity index (χ1) is 8.24. The lowest BCUT2D eigenvalue weighted by molar-refractivity contribution is 0.235. The van der Waals surface area contributed by atoms with Crippen molar-refractivity contribution in [1.82, 2.24) is 5.32 Å². The number of rotatable bonds is 5. The highest BCUT2D eigenvalue weighted by molar-refractivity contribution is 5.29. The highest BCUT2D eigenvalue weighted by Gasteiger charge is 2.26. The van der Waals surface area contributed by atoms with Crippen LogP contribution in [0.3, 0.4) is 0 Å². The first-order valence-corrected chi connectivity index (χ1v) is 6.24. The average molecular weight is 237 g/mol. The van der Waals surface area contributed by atoms with E-state index in [-0.39, 0.29) is 5.82 Å². The van der Waals surface area contributed by atoms with Crippen LogP contribution in [0.4, 0.5) is 4.39 Å². The summed E-state index contributed by atoms with van der Waals surface area (Å²) in [7, 11) is 3.48. The molecule has 0 saturated heterocycles. The predicted molar refractivity (Wildman–Crippen MR) is 66.8 cm³/mol. The molecule has 1 unspecified atom stereocenters. The molecule has 1 atom stereocenters. The summed E-state index contributed by atoms with van der Waals surface area (Å²) < 4.78 is 18.5. The fourth-order valence-electron chi connectivity index (χ4n) is 2.44. The maximum absolute atomic E-state index is 13.6. The fourth-order valence-corrected chi connectivity index (χ4v) is 2.44. The Labute approximate surface area is 102 Å². The first-order valence-electron chi connectivity index (χ1n) is 6.24. The van der Waals surface area contributed by atoms with Gasteiger partial charge < -0.3 is 10.1 Å². The van der Waals surface area contributed by atoms with Crippen LogP contribution in [0.2, 0.25) is 0 Å². The van der Waals surface area contributed by atoms with Crippen molar-refractivity contribution in [2.45, 2.75) is 31.7 Å². The third kappa shape index (κ3) is 2.78. The Kier molecular flexibility index (Phi) is 4.00. The minimum absolute atomic E-state index is 0.270. The summed E-state index contributed by atoms with van der Waals surface area (Å²) in [5.74, 6) is 0.803. The second-order valence-electron chi connectivity index (χ2n) is 4.76. The van der Waals surface area contributed by atoms with Gasteiger partial charge in [-0.2, -0.15) is 0 Å². The van der Waals surface area contributed by atoms with Crippen molar-refractivity contribution in [2.24, 2.45) is 5.92 Å². The van der Waals surface area contributed by atoms with Crippen molar-refractivity contribution in [2.75, 3.05) is 14.2 Å². The van der Waals surface area contributed by atoms with Crippen LogP contribution in [-0.4, -0.2) is 20.2 Å². The van der Waals surface area contributed by atoms with E-state index in [1.165, 1.54) is 26.4 Å². The van der Waals surface area contributed by atoms with Gasteiger partial charge in [-0.25, -0.2) is 4.39 Å². The smallest absolute Gasteiger partial charge is 0.165 e. The summed E-state index contributed by atoms with van der Waals surface area (Å²) in [6.45, 7) is 0. The number of benzene rings is 1. The standard InChI is InChI=1S/C14H20FNO/c1-16-13(11-4-3-5-11)9-10-6-7-14(17-2)12(15)8-10/h6-8,11,13,16H,3-5,9H2,1-2H3. The molecular formula is C14H20FNO. The number of halogens is 1. The molecule has 1 aromatic rings. The Hall–Kier alpha value is -1.09. The van der Waals surface area contributed by atoms with Gasteiger partial charge in [0.15, 0.2) is 11.6 Å². The largest absolute Gasteiger partial charge is 0.494 e. The molecule has 0 bridgehead atoms. The van der Waals surface area contributed by atoms with E-state index in [0.29, 0.717) is 11.8 Å². The molecule has 0 amide bonds. The summed E-state index contributed by atoms with van der Waals surface area (Å²) in [5.41, 5.74) is 1.04. The van der Waals surface area contributed by atoms with Gasteiger partial charge in [-0.3, -0.25) is 0 Å².